The van der Waals surface area contributed by atoms with Crippen LogP contribution in [0.2, 0.25) is 0 Å². The van der Waals surface area contributed by atoms with Crippen LogP contribution in [-0.4, -0.2) is 29.0 Å². The van der Waals surface area contributed by atoms with Gasteiger partial charge in [0, 0.05) is 0 Å². The second-order valence-corrected chi connectivity index (χ2v) is 4.22. The number of hydrogen-bond acceptors (Lipinski definition) is 3. The minimum absolute atomic E-state index is 0. The normalized spacial score (nSPS) is 31.8. The fraction of sp³-hybridized carbons (Fsp3) is 0.778. The fourth-order valence-electron chi connectivity index (χ4n) is 2.13. The first-order chi connectivity index (χ1) is 6.04. The molecule has 1 amide bonds. The van der Waals surface area contributed by atoms with Gasteiger partial charge in [0.15, 0.2) is 5.54 Å². The standard InChI is InChI=1S/C9H13NO3.H2O.HP/c1-5(2)4-9-6(13-8(9)12)3-7(11)10-9;;/h5-6H,3-4H2,1-2H3,(H,10,11);1H2;1H/q;;-2/t6-,9?;;/m0../s1. The predicted molar refractivity (Wildman–Crippen MR) is 56.8 cm³/mol. The Labute approximate surface area is 91.9 Å². The summed E-state index contributed by atoms with van der Waals surface area (Å²) in [5.74, 6) is 0.0438. The van der Waals surface area contributed by atoms with Crippen molar-refractivity contribution in [1.82, 2.24) is 5.32 Å². The van der Waals surface area contributed by atoms with Crippen molar-refractivity contribution in [3.63, 3.8) is 0 Å². The zero-order valence-corrected chi connectivity index (χ0v) is 9.79. The third-order valence-electron chi connectivity index (χ3n) is 2.63. The third kappa shape index (κ3) is 1.99. The quantitative estimate of drug-likeness (QED) is 0.537. The van der Waals surface area contributed by atoms with E-state index in [1.807, 2.05) is 13.8 Å². The number of amides is 1. The third-order valence-corrected chi connectivity index (χ3v) is 2.63. The molecular formula is C9H16NO4P-2. The Morgan fingerprint density at radius 3 is 2.53 bits per heavy atom. The van der Waals surface area contributed by atoms with Crippen LogP contribution in [-0.2, 0) is 14.3 Å². The van der Waals surface area contributed by atoms with Crippen LogP contribution in [0.5, 0.6) is 0 Å². The van der Waals surface area contributed by atoms with Crippen LogP contribution in [0, 0.1) is 5.92 Å². The van der Waals surface area contributed by atoms with E-state index in [1.54, 1.807) is 0 Å². The summed E-state index contributed by atoms with van der Waals surface area (Å²) in [6.45, 7) is 4.06. The molecular weight excluding hydrogens is 217 g/mol. The van der Waals surface area contributed by atoms with Crippen molar-refractivity contribution in [3.05, 3.63) is 0 Å². The SMILES string of the molecule is CC(C)CC12NC(=O)C[C@@H]1OC2=O.O.[PH-2]. The van der Waals surface area contributed by atoms with Gasteiger partial charge in [-0.25, -0.2) is 4.79 Å². The van der Waals surface area contributed by atoms with Crippen molar-refractivity contribution in [2.24, 2.45) is 5.92 Å². The molecule has 0 aromatic rings. The van der Waals surface area contributed by atoms with E-state index in [0.29, 0.717) is 18.8 Å². The summed E-state index contributed by atoms with van der Waals surface area (Å²) < 4.78 is 4.92. The molecule has 2 rings (SSSR count). The van der Waals surface area contributed by atoms with Gasteiger partial charge >= 0.3 is 5.97 Å². The summed E-state index contributed by atoms with van der Waals surface area (Å²) in [5, 5.41) is 2.73. The molecule has 0 bridgehead atoms. The molecule has 2 aliphatic heterocycles. The Bertz CT molecular complexity index is 281. The summed E-state index contributed by atoms with van der Waals surface area (Å²) in [5.41, 5.74) is -0.675. The highest BCUT2D eigenvalue weighted by Crippen LogP contribution is 2.39. The lowest BCUT2D eigenvalue weighted by atomic mass is 9.81. The van der Waals surface area contributed by atoms with Crippen molar-refractivity contribution in [3.8, 4) is 0 Å². The fourth-order valence-corrected chi connectivity index (χ4v) is 2.13. The number of nitrogens with one attached hydrogen (secondary N) is 1. The van der Waals surface area contributed by atoms with Crippen LogP contribution in [0.15, 0.2) is 0 Å². The lowest BCUT2D eigenvalue weighted by molar-refractivity contribution is -0.189. The van der Waals surface area contributed by atoms with Gasteiger partial charge < -0.3 is 25.4 Å². The Morgan fingerprint density at radius 1 is 1.53 bits per heavy atom. The smallest absolute Gasteiger partial charge is 0.336 e. The minimum atomic E-state index is -0.675. The molecule has 2 fully saturated rings. The van der Waals surface area contributed by atoms with Crippen molar-refractivity contribution < 1.29 is 19.8 Å². The van der Waals surface area contributed by atoms with E-state index < -0.39 is 5.54 Å². The zero-order valence-electron chi connectivity index (χ0n) is 8.79. The maximum atomic E-state index is 11.3. The second-order valence-electron chi connectivity index (χ2n) is 4.22. The average Bonchev–Trinajstić information content (AvgIpc) is 2.24. The molecule has 0 aliphatic carbocycles. The number of ether oxygens (including phenoxy) is 1. The van der Waals surface area contributed by atoms with Crippen molar-refractivity contribution in [1.29, 1.82) is 0 Å². The zero-order chi connectivity index (χ0) is 9.64. The lowest BCUT2D eigenvalue weighted by Crippen LogP contribution is -2.66. The maximum absolute atomic E-state index is 11.3. The monoisotopic (exact) mass is 233 g/mol. The van der Waals surface area contributed by atoms with Gasteiger partial charge in [-0.05, 0) is 12.3 Å². The molecule has 2 aliphatic rings. The number of fused-ring (bicyclic) bond motifs is 1. The second kappa shape index (κ2) is 4.45. The Hall–Kier alpha value is -0.670. The largest absolute Gasteiger partial charge is 1.51 e. The molecule has 2 heterocycles. The van der Waals surface area contributed by atoms with Gasteiger partial charge in [-0.3, -0.25) is 4.79 Å². The molecule has 0 aromatic carbocycles. The number of esters is 1. The lowest BCUT2D eigenvalue weighted by Gasteiger charge is -2.42. The molecule has 0 saturated carbocycles. The van der Waals surface area contributed by atoms with Gasteiger partial charge in [-0.15, -0.1) is 0 Å². The summed E-state index contributed by atoms with van der Waals surface area (Å²) in [4.78, 5) is 22.4. The van der Waals surface area contributed by atoms with Gasteiger partial charge in [0.25, 0.3) is 0 Å². The van der Waals surface area contributed by atoms with Crippen LogP contribution >= 0.6 is 9.90 Å². The van der Waals surface area contributed by atoms with E-state index in [0.717, 1.165) is 0 Å². The number of rotatable bonds is 2. The Morgan fingerprint density at radius 2 is 2.13 bits per heavy atom. The van der Waals surface area contributed by atoms with Gasteiger partial charge in [0.1, 0.15) is 6.10 Å². The first kappa shape index (κ1) is 14.3. The number of hydrogen-bond donors (Lipinski definition) is 1. The van der Waals surface area contributed by atoms with E-state index in [1.165, 1.54) is 0 Å². The molecule has 6 heteroatoms. The van der Waals surface area contributed by atoms with Crippen molar-refractivity contribution in [2.45, 2.75) is 38.3 Å². The minimum Gasteiger partial charge on any atom is -1.51 e. The molecule has 1 unspecified atom stereocenters. The molecule has 3 N–H and O–H groups in total. The van der Waals surface area contributed by atoms with Crippen LogP contribution in [0.1, 0.15) is 26.7 Å². The van der Waals surface area contributed by atoms with Crippen LogP contribution < -0.4 is 5.32 Å². The first-order valence-electron chi connectivity index (χ1n) is 4.57. The van der Waals surface area contributed by atoms with E-state index in [9.17, 15) is 9.59 Å². The highest BCUT2D eigenvalue weighted by Gasteiger charge is 2.63. The Balaban J connectivity index is 0.000000980. The van der Waals surface area contributed by atoms with Crippen LogP contribution in [0.25, 0.3) is 0 Å². The molecule has 2 atom stereocenters. The first-order valence-corrected chi connectivity index (χ1v) is 4.57. The molecule has 5 nitrogen and oxygen atoms in total. The van der Waals surface area contributed by atoms with E-state index in [2.05, 4.69) is 5.32 Å². The molecule has 2 saturated heterocycles. The summed E-state index contributed by atoms with van der Waals surface area (Å²) in [7, 11) is 0. The summed E-state index contributed by atoms with van der Waals surface area (Å²) in [6, 6.07) is 0. The average molecular weight is 233 g/mol. The van der Waals surface area contributed by atoms with Crippen LogP contribution in [0.4, 0.5) is 0 Å². The topological polar surface area (TPSA) is 86.9 Å². The van der Waals surface area contributed by atoms with E-state index in [-0.39, 0.29) is 33.4 Å². The molecule has 0 spiro atoms. The molecule has 0 radical (unpaired) electrons. The van der Waals surface area contributed by atoms with Crippen LogP contribution in [0.3, 0.4) is 0 Å². The summed E-state index contributed by atoms with van der Waals surface area (Å²) >= 11 is 0. The van der Waals surface area contributed by atoms with Gasteiger partial charge in [-0.1, -0.05) is 13.8 Å². The van der Waals surface area contributed by atoms with Gasteiger partial charge in [0.2, 0.25) is 5.91 Å². The van der Waals surface area contributed by atoms with Gasteiger partial charge in [0.05, 0.1) is 6.42 Å². The van der Waals surface area contributed by atoms with Gasteiger partial charge in [-0.2, -0.15) is 0 Å². The number of carbonyl (C=O) groups excluding carboxylic acids is 2. The molecule has 15 heavy (non-hydrogen) atoms. The Kier molecular flexibility index (Phi) is 4.26. The molecule has 88 valence electrons. The predicted octanol–water partition coefficient (Wildman–Crippen LogP) is -0.0146. The maximum Gasteiger partial charge on any atom is 0.336 e. The highest BCUT2D eigenvalue weighted by molar-refractivity contribution is 6.92. The van der Waals surface area contributed by atoms with E-state index in [4.69, 9.17) is 4.74 Å². The van der Waals surface area contributed by atoms with Crippen molar-refractivity contribution in [2.75, 3.05) is 0 Å². The summed E-state index contributed by atoms with van der Waals surface area (Å²) in [6.07, 6.45) is 0.802. The van der Waals surface area contributed by atoms with E-state index >= 15 is 0 Å². The molecule has 0 aromatic heterocycles. The van der Waals surface area contributed by atoms with Crippen molar-refractivity contribution >= 4 is 21.8 Å². The number of carbonyl (C=O) groups is 2. The highest BCUT2D eigenvalue weighted by atomic mass is 31.0.